The Labute approximate surface area is 172 Å². The number of nitrogens with one attached hydrogen (secondary N) is 1. The second-order valence-corrected chi connectivity index (χ2v) is 8.14. The van der Waals surface area contributed by atoms with Crippen molar-refractivity contribution in [3.63, 3.8) is 0 Å². The lowest BCUT2D eigenvalue weighted by Gasteiger charge is -2.24. The Hall–Kier alpha value is -3.08. The molecule has 1 aromatic rings. The van der Waals surface area contributed by atoms with Gasteiger partial charge in [-0.3, -0.25) is 9.69 Å². The predicted molar refractivity (Wildman–Crippen MR) is 109 cm³/mol. The highest BCUT2D eigenvalue weighted by molar-refractivity contribution is 6.04. The lowest BCUT2D eigenvalue weighted by molar-refractivity contribution is 0.0523. The van der Waals surface area contributed by atoms with Gasteiger partial charge in [-0.25, -0.2) is 14.5 Å². The summed E-state index contributed by atoms with van der Waals surface area (Å²) in [7, 11) is 1.32. The van der Waals surface area contributed by atoms with Crippen molar-refractivity contribution in [2.45, 2.75) is 53.2 Å². The van der Waals surface area contributed by atoms with E-state index in [4.69, 9.17) is 10.00 Å². The lowest BCUT2D eigenvalue weighted by Crippen LogP contribution is -2.43. The zero-order valence-corrected chi connectivity index (χ0v) is 18.0. The highest BCUT2D eigenvalue weighted by Gasteiger charge is 2.26. The van der Waals surface area contributed by atoms with Crippen LogP contribution in [0.15, 0.2) is 24.3 Å². The molecule has 0 saturated carbocycles. The first-order valence-electron chi connectivity index (χ1n) is 9.49. The Bertz CT molecular complexity index is 778. The Morgan fingerprint density at radius 1 is 1.24 bits per heavy atom. The Kier molecular flexibility index (Phi) is 8.64. The van der Waals surface area contributed by atoms with Crippen LogP contribution in [0.25, 0.3) is 0 Å². The molecule has 0 bridgehead atoms. The molecule has 0 heterocycles. The third-order valence-electron chi connectivity index (χ3n) is 3.85. The molecule has 0 spiro atoms. The summed E-state index contributed by atoms with van der Waals surface area (Å²) in [6.45, 7) is 9.68. The fraction of sp³-hybridized carbons (Fsp3) is 0.524. The summed E-state index contributed by atoms with van der Waals surface area (Å²) < 4.78 is 5.19. The summed E-state index contributed by atoms with van der Waals surface area (Å²) >= 11 is 0. The molecule has 0 aliphatic heterocycles. The molecular weight excluding hydrogens is 372 g/mol. The highest BCUT2D eigenvalue weighted by Crippen LogP contribution is 2.13. The zero-order chi connectivity index (χ0) is 22.2. The largest absolute Gasteiger partial charge is 0.444 e. The summed E-state index contributed by atoms with van der Waals surface area (Å²) in [6.07, 6.45) is 1.80. The van der Waals surface area contributed by atoms with Crippen molar-refractivity contribution < 1.29 is 19.1 Å². The van der Waals surface area contributed by atoms with Crippen molar-refractivity contribution in [2.24, 2.45) is 5.92 Å². The second kappa shape index (κ2) is 10.5. The second-order valence-electron chi connectivity index (χ2n) is 8.14. The van der Waals surface area contributed by atoms with E-state index in [1.165, 1.54) is 7.05 Å². The number of carbonyl (C=O) groups excluding carboxylic acids is 3. The van der Waals surface area contributed by atoms with E-state index in [1.807, 2.05) is 13.8 Å². The fourth-order valence-corrected chi connectivity index (χ4v) is 2.35. The number of hydrogen-bond acceptors (Lipinski definition) is 5. The average Bonchev–Trinajstić information content (AvgIpc) is 2.64. The van der Waals surface area contributed by atoms with Crippen LogP contribution in [0.2, 0.25) is 0 Å². The molecule has 1 aromatic carbocycles. The number of carbonyl (C=O) groups is 3. The van der Waals surface area contributed by atoms with Crippen LogP contribution < -0.4 is 5.32 Å². The van der Waals surface area contributed by atoms with Gasteiger partial charge in [0.15, 0.2) is 6.19 Å². The summed E-state index contributed by atoms with van der Waals surface area (Å²) in [5, 5.41) is 11.6. The number of imide groups is 1. The zero-order valence-electron chi connectivity index (χ0n) is 18.0. The van der Waals surface area contributed by atoms with Gasteiger partial charge >= 0.3 is 12.1 Å². The molecular formula is C21H30N4O4. The van der Waals surface area contributed by atoms with Gasteiger partial charge in [0, 0.05) is 25.7 Å². The van der Waals surface area contributed by atoms with E-state index < -0.39 is 23.6 Å². The topological polar surface area (TPSA) is 103 Å². The van der Waals surface area contributed by atoms with Crippen molar-refractivity contribution in [2.75, 3.05) is 13.6 Å². The molecule has 1 N–H and O–H groups in total. The van der Waals surface area contributed by atoms with Crippen molar-refractivity contribution >= 4 is 18.0 Å². The van der Waals surface area contributed by atoms with Crippen molar-refractivity contribution in [1.82, 2.24) is 15.1 Å². The molecule has 0 saturated heterocycles. The van der Waals surface area contributed by atoms with Gasteiger partial charge in [-0.05, 0) is 50.8 Å². The smallest absolute Gasteiger partial charge is 0.407 e. The van der Waals surface area contributed by atoms with Gasteiger partial charge in [-0.2, -0.15) is 5.26 Å². The Balaban J connectivity index is 2.95. The van der Waals surface area contributed by atoms with E-state index in [0.717, 1.165) is 9.80 Å². The number of hydrogen-bond donors (Lipinski definition) is 1. The molecule has 0 unspecified atom stereocenters. The molecule has 8 nitrogen and oxygen atoms in total. The lowest BCUT2D eigenvalue weighted by atomic mass is 10.1. The van der Waals surface area contributed by atoms with Crippen LogP contribution in [0.1, 0.15) is 57.0 Å². The van der Waals surface area contributed by atoms with E-state index in [9.17, 15) is 14.4 Å². The molecule has 0 aliphatic carbocycles. The molecule has 4 amide bonds. The maximum atomic E-state index is 13.0. The summed E-state index contributed by atoms with van der Waals surface area (Å²) in [5.41, 5.74) is 0.384. The number of rotatable bonds is 6. The first kappa shape index (κ1) is 24.0. The summed E-state index contributed by atoms with van der Waals surface area (Å²) in [4.78, 5) is 39.1. The van der Waals surface area contributed by atoms with Gasteiger partial charge in [0.25, 0.3) is 5.91 Å². The third kappa shape index (κ3) is 8.21. The number of amides is 4. The van der Waals surface area contributed by atoms with Crippen LogP contribution in [0.4, 0.5) is 9.59 Å². The van der Waals surface area contributed by atoms with E-state index in [2.05, 4.69) is 5.32 Å². The highest BCUT2D eigenvalue weighted by atomic mass is 16.6. The minimum atomic E-state index is -0.671. The molecule has 158 valence electrons. The number of ether oxygens (including phenoxy) is 1. The maximum absolute atomic E-state index is 13.0. The van der Waals surface area contributed by atoms with Crippen molar-refractivity contribution in [3.05, 3.63) is 35.4 Å². The van der Waals surface area contributed by atoms with Gasteiger partial charge in [-0.1, -0.05) is 26.0 Å². The van der Waals surface area contributed by atoms with Crippen LogP contribution in [0, 0.1) is 17.4 Å². The standard InChI is InChI=1S/C21H30N4O4/c1-15(2)10-11-25(20(28)24(6)14-22)18(26)17-9-7-8-16(12-17)13-23-19(27)29-21(3,4)5/h7-9,12,15H,10-11,13H2,1-6H3,(H,23,27). The molecule has 29 heavy (non-hydrogen) atoms. The Morgan fingerprint density at radius 2 is 1.90 bits per heavy atom. The van der Waals surface area contributed by atoms with Crippen LogP contribution in [-0.2, 0) is 11.3 Å². The molecule has 8 heteroatoms. The molecule has 0 fully saturated rings. The van der Waals surface area contributed by atoms with Crippen LogP contribution >= 0.6 is 0 Å². The van der Waals surface area contributed by atoms with Gasteiger partial charge in [-0.15, -0.1) is 0 Å². The van der Waals surface area contributed by atoms with Crippen molar-refractivity contribution in [3.8, 4) is 6.19 Å². The maximum Gasteiger partial charge on any atom is 0.407 e. The molecule has 0 aromatic heterocycles. The monoisotopic (exact) mass is 402 g/mol. The van der Waals surface area contributed by atoms with Gasteiger partial charge in [0.1, 0.15) is 5.60 Å². The summed E-state index contributed by atoms with van der Waals surface area (Å²) in [5.74, 6) is -0.202. The van der Waals surface area contributed by atoms with Gasteiger partial charge in [0.05, 0.1) is 0 Å². The fourth-order valence-electron chi connectivity index (χ4n) is 2.35. The van der Waals surface area contributed by atoms with Gasteiger partial charge < -0.3 is 10.1 Å². The molecule has 0 radical (unpaired) electrons. The molecule has 1 rings (SSSR count). The number of nitriles is 1. The molecule has 0 aliphatic rings. The van der Waals surface area contributed by atoms with E-state index in [1.54, 1.807) is 51.2 Å². The van der Waals surface area contributed by atoms with E-state index in [-0.39, 0.29) is 19.0 Å². The molecule has 0 atom stereocenters. The first-order valence-corrected chi connectivity index (χ1v) is 9.49. The van der Waals surface area contributed by atoms with Crippen LogP contribution in [-0.4, -0.2) is 47.0 Å². The predicted octanol–water partition coefficient (Wildman–Crippen LogP) is 3.73. The minimum absolute atomic E-state index is 0.175. The first-order chi connectivity index (χ1) is 13.4. The van der Waals surface area contributed by atoms with Crippen LogP contribution in [0.3, 0.4) is 0 Å². The number of nitrogens with zero attached hydrogens (tertiary/aromatic N) is 3. The Morgan fingerprint density at radius 3 is 2.45 bits per heavy atom. The average molecular weight is 402 g/mol. The quantitative estimate of drug-likeness (QED) is 0.577. The van der Waals surface area contributed by atoms with E-state index >= 15 is 0 Å². The third-order valence-corrected chi connectivity index (χ3v) is 3.85. The summed E-state index contributed by atoms with van der Waals surface area (Å²) in [6, 6.07) is 5.98. The number of alkyl carbamates (subject to hydrolysis) is 1. The minimum Gasteiger partial charge on any atom is -0.444 e. The van der Waals surface area contributed by atoms with Crippen LogP contribution in [0.5, 0.6) is 0 Å². The number of urea groups is 1. The van der Waals surface area contributed by atoms with Crippen molar-refractivity contribution in [1.29, 1.82) is 5.26 Å². The number of benzene rings is 1. The van der Waals surface area contributed by atoms with Gasteiger partial charge in [0.2, 0.25) is 0 Å². The normalized spacial score (nSPS) is 10.8. The SMILES string of the molecule is CC(C)CCN(C(=O)c1cccc(CNC(=O)OC(C)(C)C)c1)C(=O)N(C)C#N. The van der Waals surface area contributed by atoms with E-state index in [0.29, 0.717) is 17.5 Å².